The van der Waals surface area contributed by atoms with Crippen molar-refractivity contribution in [3.63, 3.8) is 0 Å². The van der Waals surface area contributed by atoms with Gasteiger partial charge in [-0.15, -0.1) is 0 Å². The maximum Gasteiger partial charge on any atom is 0.408 e. The van der Waals surface area contributed by atoms with Crippen molar-refractivity contribution in [2.75, 3.05) is 6.61 Å². The fourth-order valence-electron chi connectivity index (χ4n) is 1.39. The summed E-state index contributed by atoms with van der Waals surface area (Å²) in [7, 11) is 1.74. The molecule has 0 saturated carbocycles. The summed E-state index contributed by atoms with van der Waals surface area (Å²) in [5, 5.41) is 15.8. The third-order valence-corrected chi connectivity index (χ3v) is 2.09. The van der Waals surface area contributed by atoms with Gasteiger partial charge in [-0.2, -0.15) is 5.10 Å². The van der Waals surface area contributed by atoms with Crippen molar-refractivity contribution in [2.24, 2.45) is 7.05 Å². The summed E-state index contributed by atoms with van der Waals surface area (Å²) >= 11 is 0. The number of nitrogens with zero attached hydrogens (tertiary/aromatic N) is 2. The predicted molar refractivity (Wildman–Crippen MR) is 62.4 cm³/mol. The molecule has 1 atom stereocenters. The molecule has 1 heterocycles. The molecule has 0 saturated heterocycles. The molecule has 0 radical (unpaired) electrons. The standard InChI is InChI=1S/C11H19N3O3/c1-11(2,3)17-10(16)13-8(7-15)9-5-6-12-14(9)4/h5-6,8,15H,7H2,1-4H3,(H,13,16). The first-order chi connectivity index (χ1) is 7.83. The molecular formula is C11H19N3O3. The van der Waals surface area contributed by atoms with E-state index < -0.39 is 17.7 Å². The number of aryl methyl sites for hydroxylation is 1. The summed E-state index contributed by atoms with van der Waals surface area (Å²) in [6, 6.07) is 1.22. The number of hydrogen-bond acceptors (Lipinski definition) is 4. The van der Waals surface area contributed by atoms with Gasteiger partial charge in [-0.3, -0.25) is 4.68 Å². The van der Waals surface area contributed by atoms with Crippen LogP contribution in [0.1, 0.15) is 32.5 Å². The number of ether oxygens (including phenoxy) is 1. The minimum absolute atomic E-state index is 0.210. The van der Waals surface area contributed by atoms with Crippen LogP contribution >= 0.6 is 0 Å². The Morgan fingerprint density at radius 3 is 2.71 bits per heavy atom. The van der Waals surface area contributed by atoms with Crippen LogP contribution in [-0.2, 0) is 11.8 Å². The molecule has 1 rings (SSSR count). The summed E-state index contributed by atoms with van der Waals surface area (Å²) in [5.41, 5.74) is 0.162. The van der Waals surface area contributed by atoms with Gasteiger partial charge < -0.3 is 15.2 Å². The summed E-state index contributed by atoms with van der Waals surface area (Å²) in [4.78, 5) is 11.6. The fourth-order valence-corrected chi connectivity index (χ4v) is 1.39. The van der Waals surface area contributed by atoms with Crippen LogP contribution in [0, 0.1) is 0 Å². The summed E-state index contributed by atoms with van der Waals surface area (Å²) in [6.07, 6.45) is 1.05. The van der Waals surface area contributed by atoms with Crippen LogP contribution < -0.4 is 5.32 Å². The van der Waals surface area contributed by atoms with Crippen LogP contribution in [0.2, 0.25) is 0 Å². The molecule has 96 valence electrons. The summed E-state index contributed by atoms with van der Waals surface area (Å²) in [6.45, 7) is 5.14. The quantitative estimate of drug-likeness (QED) is 0.827. The number of aliphatic hydroxyl groups is 1. The number of aliphatic hydroxyl groups excluding tert-OH is 1. The van der Waals surface area contributed by atoms with E-state index in [2.05, 4.69) is 10.4 Å². The number of nitrogens with one attached hydrogen (secondary N) is 1. The molecule has 6 heteroatoms. The maximum atomic E-state index is 11.6. The molecule has 0 aromatic carbocycles. The van der Waals surface area contributed by atoms with E-state index in [1.807, 2.05) is 0 Å². The Hall–Kier alpha value is -1.56. The molecule has 0 aliphatic rings. The van der Waals surface area contributed by atoms with Crippen LogP contribution in [-0.4, -0.2) is 33.2 Å². The molecule has 0 spiro atoms. The monoisotopic (exact) mass is 241 g/mol. The molecule has 17 heavy (non-hydrogen) atoms. The van der Waals surface area contributed by atoms with Crippen molar-refractivity contribution in [1.29, 1.82) is 0 Å². The van der Waals surface area contributed by atoms with Gasteiger partial charge in [0.05, 0.1) is 18.3 Å². The van der Waals surface area contributed by atoms with Gasteiger partial charge in [-0.05, 0) is 26.8 Å². The number of amides is 1. The molecule has 0 aliphatic heterocycles. The van der Waals surface area contributed by atoms with E-state index in [-0.39, 0.29) is 6.61 Å². The largest absolute Gasteiger partial charge is 0.444 e. The lowest BCUT2D eigenvalue weighted by molar-refractivity contribution is 0.0479. The molecule has 1 aromatic rings. The van der Waals surface area contributed by atoms with Gasteiger partial charge in [0.1, 0.15) is 5.60 Å². The average molecular weight is 241 g/mol. The molecule has 1 amide bonds. The van der Waals surface area contributed by atoms with E-state index in [9.17, 15) is 9.90 Å². The Morgan fingerprint density at radius 1 is 1.65 bits per heavy atom. The van der Waals surface area contributed by atoms with E-state index in [1.165, 1.54) is 0 Å². The van der Waals surface area contributed by atoms with Crippen molar-refractivity contribution in [3.8, 4) is 0 Å². The highest BCUT2D eigenvalue weighted by molar-refractivity contribution is 5.68. The minimum atomic E-state index is -0.559. The molecule has 0 bridgehead atoms. The second-order valence-electron chi connectivity index (χ2n) is 4.76. The van der Waals surface area contributed by atoms with E-state index in [4.69, 9.17) is 4.74 Å². The van der Waals surface area contributed by atoms with Crippen LogP contribution in [0.3, 0.4) is 0 Å². The van der Waals surface area contributed by atoms with Crippen molar-refractivity contribution >= 4 is 6.09 Å². The topological polar surface area (TPSA) is 76.4 Å². The zero-order valence-electron chi connectivity index (χ0n) is 10.6. The fraction of sp³-hybridized carbons (Fsp3) is 0.636. The van der Waals surface area contributed by atoms with Crippen molar-refractivity contribution in [2.45, 2.75) is 32.4 Å². The first kappa shape index (κ1) is 13.5. The van der Waals surface area contributed by atoms with Gasteiger partial charge >= 0.3 is 6.09 Å². The Bertz CT molecular complexity index is 382. The Morgan fingerprint density at radius 2 is 2.29 bits per heavy atom. The first-order valence-corrected chi connectivity index (χ1v) is 5.42. The van der Waals surface area contributed by atoms with Gasteiger partial charge in [0.15, 0.2) is 0 Å². The van der Waals surface area contributed by atoms with Crippen molar-refractivity contribution < 1.29 is 14.6 Å². The SMILES string of the molecule is Cn1nccc1C(CO)NC(=O)OC(C)(C)C. The molecule has 0 fully saturated rings. The summed E-state index contributed by atoms with van der Waals surface area (Å²) in [5.74, 6) is 0. The van der Waals surface area contributed by atoms with Gasteiger partial charge in [0.2, 0.25) is 0 Å². The Balaban J connectivity index is 2.66. The van der Waals surface area contributed by atoms with Crippen molar-refractivity contribution in [1.82, 2.24) is 15.1 Å². The lowest BCUT2D eigenvalue weighted by Crippen LogP contribution is -2.37. The highest BCUT2D eigenvalue weighted by Gasteiger charge is 2.21. The van der Waals surface area contributed by atoms with Gasteiger partial charge in [0, 0.05) is 13.2 Å². The Labute approximate surface area is 101 Å². The number of aromatic nitrogens is 2. The molecule has 6 nitrogen and oxygen atoms in total. The normalized spacial score (nSPS) is 13.2. The molecule has 0 aliphatic carbocycles. The molecule has 2 N–H and O–H groups in total. The molecular weight excluding hydrogens is 222 g/mol. The average Bonchev–Trinajstić information content (AvgIpc) is 2.58. The van der Waals surface area contributed by atoms with Gasteiger partial charge in [0.25, 0.3) is 0 Å². The third-order valence-electron chi connectivity index (χ3n) is 2.09. The predicted octanol–water partition coefficient (Wildman–Crippen LogP) is 0.978. The van der Waals surface area contributed by atoms with Gasteiger partial charge in [-0.25, -0.2) is 4.79 Å². The lowest BCUT2D eigenvalue weighted by Gasteiger charge is -2.22. The number of alkyl carbamates (subject to hydrolysis) is 1. The number of rotatable bonds is 3. The van der Waals surface area contributed by atoms with E-state index in [0.717, 1.165) is 5.69 Å². The van der Waals surface area contributed by atoms with Crippen LogP contribution in [0.4, 0.5) is 4.79 Å². The van der Waals surface area contributed by atoms with E-state index >= 15 is 0 Å². The zero-order chi connectivity index (χ0) is 13.1. The number of hydrogen-bond donors (Lipinski definition) is 2. The number of carbonyl (C=O) groups is 1. The number of carbonyl (C=O) groups excluding carboxylic acids is 1. The van der Waals surface area contributed by atoms with E-state index in [1.54, 1.807) is 44.8 Å². The Kier molecular flexibility index (Phi) is 4.11. The first-order valence-electron chi connectivity index (χ1n) is 5.42. The smallest absolute Gasteiger partial charge is 0.408 e. The van der Waals surface area contributed by atoms with Crippen LogP contribution in [0.5, 0.6) is 0 Å². The van der Waals surface area contributed by atoms with E-state index in [0.29, 0.717) is 0 Å². The third kappa shape index (κ3) is 4.07. The van der Waals surface area contributed by atoms with Crippen LogP contribution in [0.15, 0.2) is 12.3 Å². The van der Waals surface area contributed by atoms with Crippen LogP contribution in [0.25, 0.3) is 0 Å². The highest BCUT2D eigenvalue weighted by Crippen LogP contribution is 2.13. The zero-order valence-corrected chi connectivity index (χ0v) is 10.6. The second kappa shape index (κ2) is 5.18. The maximum absolute atomic E-state index is 11.6. The summed E-state index contributed by atoms with van der Waals surface area (Å²) < 4.78 is 6.71. The second-order valence-corrected chi connectivity index (χ2v) is 4.76. The highest BCUT2D eigenvalue weighted by atomic mass is 16.6. The van der Waals surface area contributed by atoms with Crippen molar-refractivity contribution in [3.05, 3.63) is 18.0 Å². The van der Waals surface area contributed by atoms with Gasteiger partial charge in [-0.1, -0.05) is 0 Å². The molecule has 1 aromatic heterocycles. The molecule has 1 unspecified atom stereocenters. The minimum Gasteiger partial charge on any atom is -0.444 e. The lowest BCUT2D eigenvalue weighted by atomic mass is 10.2.